The molecule has 0 spiro atoms. The molecule has 3 aromatic rings. The van der Waals surface area contributed by atoms with E-state index < -0.39 is 0 Å². The first kappa shape index (κ1) is 17.3. The molecule has 5 heteroatoms. The summed E-state index contributed by atoms with van der Waals surface area (Å²) in [5, 5.41) is 12.6. The van der Waals surface area contributed by atoms with Crippen LogP contribution >= 0.6 is 11.3 Å². The first-order chi connectivity index (χ1) is 12.2. The number of rotatable bonds is 7. The van der Waals surface area contributed by atoms with Crippen molar-refractivity contribution in [1.82, 2.24) is 10.2 Å². The smallest absolute Gasteiger partial charge is 0.226 e. The molecule has 1 heterocycles. The lowest BCUT2D eigenvalue weighted by atomic mass is 9.98. The number of carbonyl (C=O) groups is 1. The first-order valence-electron chi connectivity index (χ1n) is 8.42. The Kier molecular flexibility index (Phi) is 5.90. The molecule has 1 N–H and O–H groups in total. The van der Waals surface area contributed by atoms with E-state index in [4.69, 9.17) is 0 Å². The van der Waals surface area contributed by atoms with Crippen LogP contribution in [0.4, 0.5) is 5.13 Å². The zero-order valence-electron chi connectivity index (χ0n) is 14.2. The number of aryl methyl sites for hydroxylation is 2. The zero-order chi connectivity index (χ0) is 17.5. The summed E-state index contributed by atoms with van der Waals surface area (Å²) in [6.07, 6.45) is 2.19. The minimum Gasteiger partial charge on any atom is -0.301 e. The second-order valence-electron chi connectivity index (χ2n) is 6.05. The molecule has 3 rings (SSSR count). The van der Waals surface area contributed by atoms with Crippen LogP contribution < -0.4 is 5.32 Å². The van der Waals surface area contributed by atoms with Crippen molar-refractivity contribution in [3.63, 3.8) is 0 Å². The van der Waals surface area contributed by atoms with E-state index in [0.717, 1.165) is 17.8 Å². The summed E-state index contributed by atoms with van der Waals surface area (Å²) < 4.78 is 0. The van der Waals surface area contributed by atoms with E-state index in [1.165, 1.54) is 22.5 Å². The lowest BCUT2D eigenvalue weighted by molar-refractivity contribution is -0.116. The molecule has 128 valence electrons. The largest absolute Gasteiger partial charge is 0.301 e. The van der Waals surface area contributed by atoms with Gasteiger partial charge in [-0.15, -0.1) is 10.2 Å². The average molecular weight is 351 g/mol. The molecule has 0 aliphatic rings. The van der Waals surface area contributed by atoms with E-state index >= 15 is 0 Å². The van der Waals surface area contributed by atoms with Crippen molar-refractivity contribution in [2.75, 3.05) is 5.32 Å². The Labute approximate surface area is 151 Å². The van der Waals surface area contributed by atoms with E-state index in [1.54, 1.807) is 0 Å². The molecule has 25 heavy (non-hydrogen) atoms. The minimum atomic E-state index is -0.0258. The predicted octanol–water partition coefficient (Wildman–Crippen LogP) is 4.46. The van der Waals surface area contributed by atoms with Gasteiger partial charge in [-0.05, 0) is 23.5 Å². The molecule has 2 aromatic carbocycles. The van der Waals surface area contributed by atoms with Gasteiger partial charge in [-0.3, -0.25) is 4.79 Å². The lowest BCUT2D eigenvalue weighted by Crippen LogP contribution is -2.14. The Balaban J connectivity index is 1.50. The Hall–Kier alpha value is -2.53. The third kappa shape index (κ3) is 5.22. The standard InChI is InChI=1S/C20H21N3OS/c1-15(17-10-6-3-7-11-17)14-18(24)21-20-23-22-19(25-20)13-12-16-8-4-2-5-9-16/h2-11,15H,12-14H2,1H3,(H,21,23,24)/t15-/m1/s1. The second kappa shape index (κ2) is 8.53. The van der Waals surface area contributed by atoms with Crippen LogP contribution in [0.5, 0.6) is 0 Å². The van der Waals surface area contributed by atoms with Gasteiger partial charge < -0.3 is 5.32 Å². The Morgan fingerprint density at radius 2 is 1.68 bits per heavy atom. The molecule has 0 bridgehead atoms. The fourth-order valence-electron chi connectivity index (χ4n) is 2.65. The predicted molar refractivity (Wildman–Crippen MR) is 102 cm³/mol. The molecule has 1 aromatic heterocycles. The van der Waals surface area contributed by atoms with E-state index in [0.29, 0.717) is 11.6 Å². The van der Waals surface area contributed by atoms with Gasteiger partial charge in [-0.1, -0.05) is 78.9 Å². The van der Waals surface area contributed by atoms with E-state index in [9.17, 15) is 4.79 Å². The molecule has 0 radical (unpaired) electrons. The molecule has 0 fully saturated rings. The van der Waals surface area contributed by atoms with Gasteiger partial charge in [0.2, 0.25) is 11.0 Å². The summed E-state index contributed by atoms with van der Waals surface area (Å²) in [7, 11) is 0. The SMILES string of the molecule is C[C@H](CC(=O)Nc1nnc(CCc2ccccc2)s1)c1ccccc1. The normalized spacial score (nSPS) is 11.9. The highest BCUT2D eigenvalue weighted by Crippen LogP contribution is 2.21. The van der Waals surface area contributed by atoms with E-state index in [1.807, 2.05) is 48.5 Å². The summed E-state index contributed by atoms with van der Waals surface area (Å²) >= 11 is 1.45. The molecular formula is C20H21N3OS. The molecule has 0 unspecified atom stereocenters. The van der Waals surface area contributed by atoms with Gasteiger partial charge >= 0.3 is 0 Å². The third-order valence-electron chi connectivity index (χ3n) is 4.04. The number of amides is 1. The number of nitrogens with one attached hydrogen (secondary N) is 1. The van der Waals surface area contributed by atoms with Crippen molar-refractivity contribution in [1.29, 1.82) is 0 Å². The highest BCUT2D eigenvalue weighted by Gasteiger charge is 2.13. The molecule has 4 nitrogen and oxygen atoms in total. The van der Waals surface area contributed by atoms with Crippen LogP contribution in [0, 0.1) is 0 Å². The van der Waals surface area contributed by atoms with Crippen LogP contribution in [-0.4, -0.2) is 16.1 Å². The summed E-state index contributed by atoms with van der Waals surface area (Å²) in [5.74, 6) is 0.147. The van der Waals surface area contributed by atoms with Crippen molar-refractivity contribution in [3.8, 4) is 0 Å². The number of anilines is 1. The van der Waals surface area contributed by atoms with Crippen molar-refractivity contribution < 1.29 is 4.79 Å². The number of aromatic nitrogens is 2. The van der Waals surface area contributed by atoms with Crippen molar-refractivity contribution in [2.45, 2.75) is 32.1 Å². The second-order valence-corrected chi connectivity index (χ2v) is 7.11. The van der Waals surface area contributed by atoms with Crippen LogP contribution in [0.25, 0.3) is 0 Å². The number of hydrogen-bond acceptors (Lipinski definition) is 4. The summed E-state index contributed by atoms with van der Waals surface area (Å²) in [6, 6.07) is 20.4. The Morgan fingerprint density at radius 3 is 2.40 bits per heavy atom. The van der Waals surface area contributed by atoms with Crippen molar-refractivity contribution in [3.05, 3.63) is 76.8 Å². The Morgan fingerprint density at radius 1 is 1.00 bits per heavy atom. The van der Waals surface area contributed by atoms with E-state index in [-0.39, 0.29) is 11.8 Å². The van der Waals surface area contributed by atoms with Gasteiger partial charge in [0.1, 0.15) is 5.01 Å². The molecule has 1 atom stereocenters. The van der Waals surface area contributed by atoms with Crippen LogP contribution in [0.2, 0.25) is 0 Å². The maximum absolute atomic E-state index is 12.2. The molecule has 0 saturated heterocycles. The molecule has 0 aliphatic heterocycles. The van der Waals surface area contributed by atoms with Crippen LogP contribution in [0.15, 0.2) is 60.7 Å². The summed E-state index contributed by atoms with van der Waals surface area (Å²) in [5.41, 5.74) is 2.44. The molecule has 0 aliphatic carbocycles. The minimum absolute atomic E-state index is 0.0258. The summed E-state index contributed by atoms with van der Waals surface area (Å²) in [6.45, 7) is 2.06. The summed E-state index contributed by atoms with van der Waals surface area (Å²) in [4.78, 5) is 12.2. The number of benzene rings is 2. The number of nitrogens with zero attached hydrogens (tertiary/aromatic N) is 2. The first-order valence-corrected chi connectivity index (χ1v) is 9.23. The van der Waals surface area contributed by atoms with Crippen LogP contribution in [-0.2, 0) is 17.6 Å². The van der Waals surface area contributed by atoms with Crippen LogP contribution in [0.1, 0.15) is 35.4 Å². The van der Waals surface area contributed by atoms with Gasteiger partial charge in [0.15, 0.2) is 0 Å². The maximum Gasteiger partial charge on any atom is 0.226 e. The maximum atomic E-state index is 12.2. The van der Waals surface area contributed by atoms with Gasteiger partial charge in [-0.2, -0.15) is 0 Å². The quantitative estimate of drug-likeness (QED) is 0.684. The highest BCUT2D eigenvalue weighted by atomic mass is 32.1. The molecule has 1 amide bonds. The topological polar surface area (TPSA) is 54.9 Å². The molecular weight excluding hydrogens is 330 g/mol. The Bertz CT molecular complexity index is 802. The van der Waals surface area contributed by atoms with Gasteiger partial charge in [0, 0.05) is 12.8 Å². The third-order valence-corrected chi connectivity index (χ3v) is 4.94. The van der Waals surface area contributed by atoms with E-state index in [2.05, 4.69) is 34.6 Å². The fraction of sp³-hybridized carbons (Fsp3) is 0.250. The average Bonchev–Trinajstić information content (AvgIpc) is 3.08. The fourth-order valence-corrected chi connectivity index (χ4v) is 3.40. The number of carbonyl (C=O) groups excluding carboxylic acids is 1. The monoisotopic (exact) mass is 351 g/mol. The lowest BCUT2D eigenvalue weighted by Gasteiger charge is -2.10. The molecule has 0 saturated carbocycles. The number of hydrogen-bond donors (Lipinski definition) is 1. The van der Waals surface area contributed by atoms with Crippen molar-refractivity contribution in [2.24, 2.45) is 0 Å². The van der Waals surface area contributed by atoms with Gasteiger partial charge in [-0.25, -0.2) is 0 Å². The highest BCUT2D eigenvalue weighted by molar-refractivity contribution is 7.15. The zero-order valence-corrected chi connectivity index (χ0v) is 15.0. The van der Waals surface area contributed by atoms with Gasteiger partial charge in [0.05, 0.1) is 0 Å². The van der Waals surface area contributed by atoms with Crippen LogP contribution in [0.3, 0.4) is 0 Å². The van der Waals surface area contributed by atoms with Crippen molar-refractivity contribution >= 4 is 22.4 Å². The van der Waals surface area contributed by atoms with Gasteiger partial charge in [0.25, 0.3) is 0 Å².